The first-order valence-electron chi connectivity index (χ1n) is 8.50. The molecule has 0 unspecified atom stereocenters. The van der Waals surface area contributed by atoms with Crippen LogP contribution in [0.2, 0.25) is 0 Å². The van der Waals surface area contributed by atoms with Gasteiger partial charge in [0, 0.05) is 10.0 Å². The van der Waals surface area contributed by atoms with Crippen LogP contribution in [0.15, 0.2) is 83.3 Å². The molecule has 0 heterocycles. The van der Waals surface area contributed by atoms with Crippen molar-refractivity contribution in [1.29, 1.82) is 0 Å². The van der Waals surface area contributed by atoms with Gasteiger partial charge in [0.25, 0.3) is 0 Å². The fourth-order valence-corrected chi connectivity index (χ4v) is 2.75. The summed E-state index contributed by atoms with van der Waals surface area (Å²) in [5, 5.41) is 0. The maximum Gasteiger partial charge on any atom is 0.343 e. The summed E-state index contributed by atoms with van der Waals surface area (Å²) >= 11 is 3.35. The van der Waals surface area contributed by atoms with Crippen LogP contribution >= 0.6 is 15.9 Å². The highest BCUT2D eigenvalue weighted by Crippen LogP contribution is 2.29. The topological polar surface area (TPSA) is 52.6 Å². The first-order chi connectivity index (χ1) is 13.6. The number of ether oxygens (including phenoxy) is 2. The van der Waals surface area contributed by atoms with Crippen molar-refractivity contribution in [2.24, 2.45) is 0 Å². The van der Waals surface area contributed by atoms with Crippen LogP contribution in [0.3, 0.4) is 0 Å². The molecule has 0 aliphatic rings. The van der Waals surface area contributed by atoms with Crippen LogP contribution in [0.5, 0.6) is 11.5 Å². The predicted octanol–water partition coefficient (Wildman–Crippen LogP) is 5.57. The summed E-state index contributed by atoms with van der Waals surface area (Å²) in [7, 11) is 1.50. The number of carbonyl (C=O) groups is 2. The molecule has 0 fully saturated rings. The average molecular weight is 437 g/mol. The molecule has 28 heavy (non-hydrogen) atoms. The molecule has 0 aliphatic heterocycles. The minimum atomic E-state index is -0.465. The van der Waals surface area contributed by atoms with Crippen molar-refractivity contribution in [2.75, 3.05) is 7.11 Å². The van der Waals surface area contributed by atoms with Gasteiger partial charge in [-0.25, -0.2) is 4.79 Å². The predicted molar refractivity (Wildman–Crippen MR) is 112 cm³/mol. The lowest BCUT2D eigenvalue weighted by atomic mass is 10.1. The Balaban J connectivity index is 1.74. The molecule has 3 aromatic carbocycles. The Hall–Kier alpha value is -3.18. The van der Waals surface area contributed by atoms with Crippen molar-refractivity contribution in [2.45, 2.75) is 0 Å². The lowest BCUT2D eigenvalue weighted by Crippen LogP contribution is -2.09. The number of ketones is 1. The van der Waals surface area contributed by atoms with Crippen molar-refractivity contribution in [1.82, 2.24) is 0 Å². The molecule has 0 atom stereocenters. The lowest BCUT2D eigenvalue weighted by Gasteiger charge is -2.10. The van der Waals surface area contributed by atoms with Gasteiger partial charge in [0.15, 0.2) is 17.3 Å². The van der Waals surface area contributed by atoms with Gasteiger partial charge < -0.3 is 9.47 Å². The third kappa shape index (κ3) is 4.96. The number of hydrogen-bond acceptors (Lipinski definition) is 4. The van der Waals surface area contributed by atoms with Crippen LogP contribution in [0.25, 0.3) is 6.08 Å². The van der Waals surface area contributed by atoms with Crippen LogP contribution < -0.4 is 9.47 Å². The van der Waals surface area contributed by atoms with Crippen LogP contribution in [-0.2, 0) is 0 Å². The van der Waals surface area contributed by atoms with E-state index in [2.05, 4.69) is 15.9 Å². The highest BCUT2D eigenvalue weighted by molar-refractivity contribution is 9.10. The van der Waals surface area contributed by atoms with Gasteiger partial charge in [0.2, 0.25) is 0 Å². The maximum absolute atomic E-state index is 12.3. The molecule has 4 nitrogen and oxygen atoms in total. The van der Waals surface area contributed by atoms with Gasteiger partial charge in [-0.3, -0.25) is 4.79 Å². The zero-order valence-corrected chi connectivity index (χ0v) is 16.7. The lowest BCUT2D eigenvalue weighted by molar-refractivity contribution is 0.0729. The van der Waals surface area contributed by atoms with Crippen LogP contribution in [0.4, 0.5) is 0 Å². The fourth-order valence-electron chi connectivity index (χ4n) is 2.49. The van der Waals surface area contributed by atoms with E-state index in [9.17, 15) is 9.59 Å². The van der Waals surface area contributed by atoms with E-state index in [1.807, 2.05) is 18.2 Å². The van der Waals surface area contributed by atoms with E-state index in [1.165, 1.54) is 13.2 Å². The second-order valence-corrected chi connectivity index (χ2v) is 6.79. The Morgan fingerprint density at radius 3 is 2.25 bits per heavy atom. The number of hydrogen-bond donors (Lipinski definition) is 0. The molecular formula is C23H17BrO4. The zero-order valence-electron chi connectivity index (χ0n) is 15.1. The molecule has 0 amide bonds. The summed E-state index contributed by atoms with van der Waals surface area (Å²) in [6.45, 7) is 0. The average Bonchev–Trinajstić information content (AvgIpc) is 2.73. The van der Waals surface area contributed by atoms with Gasteiger partial charge >= 0.3 is 5.97 Å². The second kappa shape index (κ2) is 9.15. The van der Waals surface area contributed by atoms with Crippen molar-refractivity contribution >= 4 is 33.8 Å². The van der Waals surface area contributed by atoms with Crippen molar-refractivity contribution in [3.63, 3.8) is 0 Å². The minimum absolute atomic E-state index is 0.106. The Morgan fingerprint density at radius 1 is 0.857 bits per heavy atom. The molecule has 5 heteroatoms. The molecule has 0 aromatic heterocycles. The van der Waals surface area contributed by atoms with Crippen molar-refractivity contribution in [3.05, 3.63) is 100 Å². The van der Waals surface area contributed by atoms with E-state index in [4.69, 9.17) is 9.47 Å². The summed E-state index contributed by atoms with van der Waals surface area (Å²) in [6, 6.07) is 21.0. The van der Waals surface area contributed by atoms with Gasteiger partial charge in [-0.1, -0.05) is 46.3 Å². The molecular weight excluding hydrogens is 420 g/mol. The molecule has 0 aliphatic carbocycles. The second-order valence-electron chi connectivity index (χ2n) is 5.87. The number of rotatable bonds is 6. The summed E-state index contributed by atoms with van der Waals surface area (Å²) in [5.74, 6) is 0.147. The van der Waals surface area contributed by atoms with Gasteiger partial charge in [-0.15, -0.1) is 0 Å². The molecule has 0 saturated heterocycles. The number of halogens is 1. The molecule has 3 rings (SSSR count). The van der Waals surface area contributed by atoms with Crippen molar-refractivity contribution < 1.29 is 19.1 Å². The Labute approximate surface area is 171 Å². The Kier molecular flexibility index (Phi) is 6.40. The zero-order chi connectivity index (χ0) is 19.9. The van der Waals surface area contributed by atoms with E-state index < -0.39 is 5.97 Å². The molecule has 0 saturated carbocycles. The van der Waals surface area contributed by atoms with Crippen LogP contribution in [-0.4, -0.2) is 18.9 Å². The maximum atomic E-state index is 12.3. The summed E-state index contributed by atoms with van der Waals surface area (Å²) in [6.07, 6.45) is 3.18. The fraction of sp³-hybridized carbons (Fsp3) is 0.0435. The number of allylic oxidation sites excluding steroid dienone is 1. The number of benzene rings is 3. The first-order valence-corrected chi connectivity index (χ1v) is 9.29. The van der Waals surface area contributed by atoms with Gasteiger partial charge in [0.05, 0.1) is 12.7 Å². The normalized spacial score (nSPS) is 10.6. The number of methoxy groups -OCH3 is 1. The highest BCUT2D eigenvalue weighted by atomic mass is 79.9. The first kappa shape index (κ1) is 19.6. The molecule has 3 aromatic rings. The molecule has 0 radical (unpaired) electrons. The number of carbonyl (C=O) groups excluding carboxylic acids is 2. The third-order valence-corrected chi connectivity index (χ3v) is 4.48. The Morgan fingerprint density at radius 2 is 1.57 bits per heavy atom. The smallest absolute Gasteiger partial charge is 0.343 e. The molecule has 0 spiro atoms. The van der Waals surface area contributed by atoms with Gasteiger partial charge in [-0.2, -0.15) is 0 Å². The van der Waals surface area contributed by atoms with E-state index in [0.717, 1.165) is 10.0 Å². The van der Waals surface area contributed by atoms with E-state index >= 15 is 0 Å². The molecule has 0 N–H and O–H groups in total. The quantitative estimate of drug-likeness (QED) is 0.219. The number of esters is 1. The van der Waals surface area contributed by atoms with Gasteiger partial charge in [-0.05, 0) is 60.2 Å². The largest absolute Gasteiger partial charge is 0.493 e. The van der Waals surface area contributed by atoms with Crippen LogP contribution in [0, 0.1) is 0 Å². The Bertz CT molecular complexity index is 1010. The van der Waals surface area contributed by atoms with E-state index in [0.29, 0.717) is 22.6 Å². The van der Waals surface area contributed by atoms with Crippen molar-refractivity contribution in [3.8, 4) is 11.5 Å². The third-order valence-electron chi connectivity index (χ3n) is 3.96. The summed E-state index contributed by atoms with van der Waals surface area (Å²) in [5.41, 5.74) is 1.80. The SMILES string of the molecule is COc1cc(/C=C/C(=O)c2ccc(Br)cc2)ccc1OC(=O)c1ccccc1. The molecule has 0 bridgehead atoms. The van der Waals surface area contributed by atoms with Crippen LogP contribution in [0.1, 0.15) is 26.3 Å². The van der Waals surface area contributed by atoms with E-state index in [-0.39, 0.29) is 5.78 Å². The monoisotopic (exact) mass is 436 g/mol. The minimum Gasteiger partial charge on any atom is -0.493 e. The van der Waals surface area contributed by atoms with Gasteiger partial charge in [0.1, 0.15) is 0 Å². The van der Waals surface area contributed by atoms with E-state index in [1.54, 1.807) is 60.7 Å². The summed E-state index contributed by atoms with van der Waals surface area (Å²) < 4.78 is 11.7. The summed E-state index contributed by atoms with van der Waals surface area (Å²) in [4.78, 5) is 24.5. The molecule has 140 valence electrons. The standard InChI is InChI=1S/C23H17BrO4/c1-27-22-15-16(7-13-20(25)17-9-11-19(24)12-10-17)8-14-21(22)28-23(26)18-5-3-2-4-6-18/h2-15H,1H3/b13-7+. The highest BCUT2D eigenvalue weighted by Gasteiger charge is 2.12.